The number of pyridine rings is 2. The lowest BCUT2D eigenvalue weighted by Crippen LogP contribution is -2.12. The second kappa shape index (κ2) is 8.41. The van der Waals surface area contributed by atoms with Crippen LogP contribution in [-0.2, 0) is 0 Å². The van der Waals surface area contributed by atoms with Crippen LogP contribution in [0.4, 0.5) is 17.2 Å². The van der Waals surface area contributed by atoms with Crippen molar-refractivity contribution in [1.29, 1.82) is 0 Å². The molecule has 0 amide bonds. The number of furan rings is 2. The summed E-state index contributed by atoms with van der Waals surface area (Å²) < 4.78 is 12.5. The lowest BCUT2D eigenvalue weighted by Gasteiger charge is -2.26. The molecule has 0 atom stereocenters. The summed E-state index contributed by atoms with van der Waals surface area (Å²) in [4.78, 5) is 11.6. The lowest BCUT2D eigenvalue weighted by atomic mass is 9.99. The van der Waals surface area contributed by atoms with Crippen molar-refractivity contribution in [3.05, 3.63) is 128 Å². The average molecular weight is 528 g/mol. The van der Waals surface area contributed by atoms with Crippen molar-refractivity contribution in [2.24, 2.45) is 0 Å². The number of rotatable bonds is 3. The molecule has 9 aromatic rings. The fraction of sp³-hybridized carbons (Fsp3) is 0. The van der Waals surface area contributed by atoms with Crippen LogP contribution in [-0.4, -0.2) is 9.97 Å². The van der Waals surface area contributed by atoms with Crippen molar-refractivity contribution >= 4 is 82.7 Å². The van der Waals surface area contributed by atoms with Gasteiger partial charge in [0.25, 0.3) is 0 Å². The van der Waals surface area contributed by atoms with Crippen LogP contribution in [0.2, 0.25) is 0 Å². The summed E-state index contributed by atoms with van der Waals surface area (Å²) in [7, 11) is 0. The summed E-state index contributed by atoms with van der Waals surface area (Å²) in [6.45, 7) is 0. The number of benzene rings is 5. The minimum atomic E-state index is 0.629. The summed E-state index contributed by atoms with van der Waals surface area (Å²) >= 11 is 0. The second-order valence-corrected chi connectivity index (χ2v) is 10.3. The minimum Gasteiger partial charge on any atom is -0.456 e. The average Bonchev–Trinajstić information content (AvgIpc) is 3.59. The Labute approximate surface area is 233 Å². The Morgan fingerprint density at radius 3 is 2.15 bits per heavy atom. The number of para-hydroxylation sites is 1. The van der Waals surface area contributed by atoms with Crippen LogP contribution in [0.15, 0.2) is 136 Å². The highest BCUT2D eigenvalue weighted by molar-refractivity contribution is 6.15. The molecule has 0 aliphatic heterocycles. The van der Waals surface area contributed by atoms with E-state index < -0.39 is 0 Å². The number of hydrogen-bond donors (Lipinski definition) is 0. The Kier molecular flexibility index (Phi) is 4.55. The molecule has 0 bridgehead atoms. The van der Waals surface area contributed by atoms with E-state index in [9.17, 15) is 0 Å². The van der Waals surface area contributed by atoms with E-state index in [1.807, 2.05) is 42.6 Å². The van der Waals surface area contributed by atoms with Crippen LogP contribution in [0.5, 0.6) is 0 Å². The van der Waals surface area contributed by atoms with Gasteiger partial charge in [0, 0.05) is 51.5 Å². The molecule has 0 unspecified atom stereocenters. The zero-order valence-corrected chi connectivity index (χ0v) is 21.8. The van der Waals surface area contributed by atoms with Gasteiger partial charge in [-0.3, -0.25) is 4.90 Å². The summed E-state index contributed by atoms with van der Waals surface area (Å²) in [5.41, 5.74) is 5.00. The lowest BCUT2D eigenvalue weighted by molar-refractivity contribution is 0.654. The maximum absolute atomic E-state index is 6.29. The van der Waals surface area contributed by atoms with Crippen molar-refractivity contribution in [3.8, 4) is 0 Å². The standard InChI is InChI=1S/C36H21N3O2/c1-2-9-24-22(8-1)18-31(26-11-4-3-10-25(24)26)39(23-15-16-28-29-13-7-17-37-36(29)41-33(28)19-23)35-20-34-30(21-38-35)27-12-5-6-14-32(27)40-34/h1-21H. The van der Waals surface area contributed by atoms with Crippen molar-refractivity contribution in [1.82, 2.24) is 9.97 Å². The third kappa shape index (κ3) is 3.29. The molecule has 0 N–H and O–H groups in total. The molecule has 0 saturated heterocycles. The van der Waals surface area contributed by atoms with Gasteiger partial charge in [0.15, 0.2) is 0 Å². The highest BCUT2D eigenvalue weighted by atomic mass is 16.3. The quantitative estimate of drug-likeness (QED) is 0.214. The summed E-state index contributed by atoms with van der Waals surface area (Å²) in [5.74, 6) is 0.755. The first kappa shape index (κ1) is 22.2. The highest BCUT2D eigenvalue weighted by Crippen LogP contribution is 2.43. The SMILES string of the molecule is c1ccc2c(c1)cc(N(c1ccc3c(c1)oc1ncccc13)c1cc3oc4ccccc4c3cn1)c1ccccc12. The van der Waals surface area contributed by atoms with E-state index in [4.69, 9.17) is 13.8 Å². The number of hydrogen-bond acceptors (Lipinski definition) is 5. The van der Waals surface area contributed by atoms with Crippen LogP contribution in [0, 0.1) is 0 Å². The molecule has 0 saturated carbocycles. The topological polar surface area (TPSA) is 55.3 Å². The maximum atomic E-state index is 6.29. The molecule has 0 spiro atoms. The largest absolute Gasteiger partial charge is 0.456 e. The Morgan fingerprint density at radius 2 is 1.22 bits per heavy atom. The molecular weight excluding hydrogens is 506 g/mol. The fourth-order valence-corrected chi connectivity index (χ4v) is 6.08. The first-order valence-electron chi connectivity index (χ1n) is 13.6. The van der Waals surface area contributed by atoms with Crippen LogP contribution in [0.1, 0.15) is 0 Å². The van der Waals surface area contributed by atoms with Crippen molar-refractivity contribution in [2.75, 3.05) is 4.90 Å². The molecule has 5 heteroatoms. The van der Waals surface area contributed by atoms with Crippen LogP contribution in [0.3, 0.4) is 0 Å². The van der Waals surface area contributed by atoms with Crippen LogP contribution < -0.4 is 4.90 Å². The monoisotopic (exact) mass is 527 g/mol. The molecule has 5 aromatic carbocycles. The van der Waals surface area contributed by atoms with E-state index in [2.05, 4.69) is 88.7 Å². The molecule has 0 radical (unpaired) electrons. The summed E-state index contributed by atoms with van der Waals surface area (Å²) in [6, 6.07) is 39.7. The van der Waals surface area contributed by atoms with Gasteiger partial charge in [0.2, 0.25) is 5.71 Å². The number of aromatic nitrogens is 2. The molecule has 41 heavy (non-hydrogen) atoms. The molecule has 192 valence electrons. The third-order valence-corrected chi connectivity index (χ3v) is 7.96. The zero-order valence-electron chi connectivity index (χ0n) is 21.8. The Morgan fingerprint density at radius 1 is 0.488 bits per heavy atom. The highest BCUT2D eigenvalue weighted by Gasteiger charge is 2.21. The normalized spacial score (nSPS) is 11.9. The molecule has 4 heterocycles. The fourth-order valence-electron chi connectivity index (χ4n) is 6.08. The molecule has 5 nitrogen and oxygen atoms in total. The van der Waals surface area contributed by atoms with Gasteiger partial charge in [-0.2, -0.15) is 0 Å². The molecule has 0 aliphatic carbocycles. The predicted octanol–water partition coefficient (Wildman–Crippen LogP) is 10.1. The van der Waals surface area contributed by atoms with E-state index in [1.54, 1.807) is 6.20 Å². The smallest absolute Gasteiger partial charge is 0.227 e. The van der Waals surface area contributed by atoms with E-state index in [0.717, 1.165) is 66.3 Å². The van der Waals surface area contributed by atoms with E-state index in [0.29, 0.717) is 5.71 Å². The number of fused-ring (bicyclic) bond motifs is 9. The van der Waals surface area contributed by atoms with Crippen LogP contribution >= 0.6 is 0 Å². The van der Waals surface area contributed by atoms with Gasteiger partial charge >= 0.3 is 0 Å². The van der Waals surface area contributed by atoms with E-state index in [1.165, 1.54) is 10.8 Å². The Hall–Kier alpha value is -5.68. The molecule has 0 fully saturated rings. The van der Waals surface area contributed by atoms with Gasteiger partial charge in [-0.05, 0) is 52.6 Å². The van der Waals surface area contributed by atoms with Crippen molar-refractivity contribution in [2.45, 2.75) is 0 Å². The van der Waals surface area contributed by atoms with E-state index in [-0.39, 0.29) is 0 Å². The second-order valence-electron chi connectivity index (χ2n) is 10.3. The first-order chi connectivity index (χ1) is 20.3. The first-order valence-corrected chi connectivity index (χ1v) is 13.6. The summed E-state index contributed by atoms with van der Waals surface area (Å²) in [5, 5.41) is 8.76. The minimum absolute atomic E-state index is 0.629. The Balaban J connectivity index is 1.36. The molecule has 4 aromatic heterocycles. The van der Waals surface area contributed by atoms with Crippen molar-refractivity contribution in [3.63, 3.8) is 0 Å². The number of anilines is 3. The van der Waals surface area contributed by atoms with Gasteiger partial charge in [0.05, 0.1) is 11.4 Å². The summed E-state index contributed by atoms with van der Waals surface area (Å²) in [6.07, 6.45) is 3.67. The van der Waals surface area contributed by atoms with Crippen molar-refractivity contribution < 1.29 is 8.83 Å². The Bertz CT molecular complexity index is 2340. The number of nitrogens with zero attached hydrogens (tertiary/aromatic N) is 3. The van der Waals surface area contributed by atoms with Gasteiger partial charge in [-0.15, -0.1) is 0 Å². The van der Waals surface area contributed by atoms with Gasteiger partial charge in [0.1, 0.15) is 22.6 Å². The van der Waals surface area contributed by atoms with Gasteiger partial charge in [-0.25, -0.2) is 9.97 Å². The third-order valence-electron chi connectivity index (χ3n) is 7.96. The van der Waals surface area contributed by atoms with Gasteiger partial charge < -0.3 is 8.83 Å². The zero-order chi connectivity index (χ0) is 26.9. The molecule has 0 aliphatic rings. The van der Waals surface area contributed by atoms with Crippen LogP contribution in [0.25, 0.3) is 65.6 Å². The predicted molar refractivity (Wildman–Crippen MR) is 166 cm³/mol. The maximum Gasteiger partial charge on any atom is 0.227 e. The van der Waals surface area contributed by atoms with Gasteiger partial charge in [-0.1, -0.05) is 66.7 Å². The molecule has 9 rings (SSSR count). The molecular formula is C36H21N3O2. The van der Waals surface area contributed by atoms with E-state index >= 15 is 0 Å².